The molecule has 0 unspecified atom stereocenters. The topological polar surface area (TPSA) is 24.8 Å². The van der Waals surface area contributed by atoms with Crippen LogP contribution in [0.3, 0.4) is 0 Å². The Morgan fingerprint density at radius 2 is 1.91 bits per heavy atom. The van der Waals surface area contributed by atoms with Gasteiger partial charge >= 0.3 is 0 Å². The quantitative estimate of drug-likeness (QED) is 0.823. The summed E-state index contributed by atoms with van der Waals surface area (Å²) in [5, 5.41) is 7.12. The molecule has 2 aliphatic heterocycles. The molecule has 0 aromatic heterocycles. The van der Waals surface area contributed by atoms with E-state index in [9.17, 15) is 0 Å². The highest BCUT2D eigenvalue weighted by Crippen LogP contribution is 2.43. The second-order valence-electron chi connectivity index (χ2n) is 6.41. The Labute approximate surface area is 137 Å². The molecule has 2 aromatic carbocycles. The Bertz CT molecular complexity index is 736. The number of rotatable bonds is 3. The van der Waals surface area contributed by atoms with E-state index < -0.39 is 0 Å². The van der Waals surface area contributed by atoms with Crippen LogP contribution in [0.2, 0.25) is 0 Å². The molecule has 3 nitrogen and oxygen atoms in total. The predicted octanol–water partition coefficient (Wildman–Crippen LogP) is 4.66. The van der Waals surface area contributed by atoms with Crippen LogP contribution in [0, 0.1) is 6.92 Å². The van der Waals surface area contributed by atoms with Gasteiger partial charge in [-0.25, -0.2) is 0 Å². The SMILES string of the molecule is CCC[C@@H]1Oc2ccccc2[C@@H]2CC(c3ccc(C)cc3)=NN12. The van der Waals surface area contributed by atoms with Crippen LogP contribution < -0.4 is 4.74 Å². The lowest BCUT2D eigenvalue weighted by Crippen LogP contribution is -2.40. The number of hydrogen-bond donors (Lipinski definition) is 0. The number of para-hydroxylation sites is 1. The minimum Gasteiger partial charge on any atom is -0.469 e. The van der Waals surface area contributed by atoms with Crippen molar-refractivity contribution in [2.24, 2.45) is 5.10 Å². The summed E-state index contributed by atoms with van der Waals surface area (Å²) >= 11 is 0. The van der Waals surface area contributed by atoms with Crippen LogP contribution in [0.4, 0.5) is 0 Å². The molecule has 0 amide bonds. The molecule has 0 radical (unpaired) electrons. The molecular formula is C20H22N2O. The molecule has 3 heteroatoms. The molecule has 118 valence electrons. The van der Waals surface area contributed by atoms with Crippen molar-refractivity contribution in [3.05, 3.63) is 65.2 Å². The number of nitrogens with zero attached hydrogens (tertiary/aromatic N) is 2. The summed E-state index contributed by atoms with van der Waals surface area (Å²) in [5.74, 6) is 1.02. The number of hydrazone groups is 1. The molecule has 0 aliphatic carbocycles. The van der Waals surface area contributed by atoms with E-state index in [0.29, 0.717) is 6.04 Å². The Morgan fingerprint density at radius 1 is 1.13 bits per heavy atom. The zero-order valence-corrected chi connectivity index (χ0v) is 13.7. The highest BCUT2D eigenvalue weighted by molar-refractivity contribution is 6.01. The average molecular weight is 306 g/mol. The molecule has 0 bridgehead atoms. The second-order valence-corrected chi connectivity index (χ2v) is 6.41. The van der Waals surface area contributed by atoms with Gasteiger partial charge in [0.05, 0.1) is 11.8 Å². The van der Waals surface area contributed by atoms with E-state index in [2.05, 4.69) is 61.3 Å². The molecule has 0 spiro atoms. The highest BCUT2D eigenvalue weighted by Gasteiger charge is 2.39. The first kappa shape index (κ1) is 14.3. The van der Waals surface area contributed by atoms with Crippen LogP contribution >= 0.6 is 0 Å². The van der Waals surface area contributed by atoms with Gasteiger partial charge in [-0.15, -0.1) is 0 Å². The standard InChI is InChI=1S/C20H22N2O/c1-3-6-20-22-18(16-7-4-5-8-19(16)23-20)13-17(21-22)15-11-9-14(2)10-12-15/h4-5,7-12,18,20H,3,6,13H2,1-2H3/t18-,20-/m0/s1. The summed E-state index contributed by atoms with van der Waals surface area (Å²) in [4.78, 5) is 0. The van der Waals surface area contributed by atoms with E-state index in [1.54, 1.807) is 0 Å². The van der Waals surface area contributed by atoms with Crippen LogP contribution in [0.5, 0.6) is 5.75 Å². The molecule has 2 atom stereocenters. The molecule has 2 heterocycles. The fourth-order valence-corrected chi connectivity index (χ4v) is 3.47. The monoisotopic (exact) mass is 306 g/mol. The van der Waals surface area contributed by atoms with Gasteiger partial charge in [0.15, 0.2) is 6.23 Å². The van der Waals surface area contributed by atoms with E-state index in [-0.39, 0.29) is 6.23 Å². The number of benzene rings is 2. The summed E-state index contributed by atoms with van der Waals surface area (Å²) < 4.78 is 6.21. The largest absolute Gasteiger partial charge is 0.469 e. The molecule has 23 heavy (non-hydrogen) atoms. The van der Waals surface area contributed by atoms with Crippen LogP contribution in [0.1, 0.15) is 48.9 Å². The Morgan fingerprint density at radius 3 is 2.70 bits per heavy atom. The first-order chi connectivity index (χ1) is 11.3. The lowest BCUT2D eigenvalue weighted by Gasteiger charge is -2.38. The summed E-state index contributed by atoms with van der Waals surface area (Å²) in [6.07, 6.45) is 3.08. The molecule has 2 aliphatic rings. The minimum atomic E-state index is 0.0443. The van der Waals surface area contributed by atoms with Gasteiger partial charge in [-0.05, 0) is 18.6 Å². The van der Waals surface area contributed by atoms with Crippen LogP contribution in [-0.2, 0) is 0 Å². The Kier molecular flexibility index (Phi) is 3.56. The van der Waals surface area contributed by atoms with E-state index in [0.717, 1.165) is 30.7 Å². The molecule has 2 aromatic rings. The Balaban J connectivity index is 1.71. The number of aryl methyl sites for hydroxylation is 1. The van der Waals surface area contributed by atoms with Gasteiger partial charge in [-0.2, -0.15) is 5.10 Å². The van der Waals surface area contributed by atoms with Gasteiger partial charge in [-0.1, -0.05) is 61.4 Å². The first-order valence-corrected chi connectivity index (χ1v) is 8.44. The third kappa shape index (κ3) is 2.50. The van der Waals surface area contributed by atoms with Crippen LogP contribution in [0.25, 0.3) is 0 Å². The molecule has 4 rings (SSSR count). The summed E-state index contributed by atoms with van der Waals surface area (Å²) in [7, 11) is 0. The van der Waals surface area contributed by atoms with Crippen molar-refractivity contribution in [1.82, 2.24) is 5.01 Å². The van der Waals surface area contributed by atoms with Crippen LogP contribution in [0.15, 0.2) is 53.6 Å². The van der Waals surface area contributed by atoms with Gasteiger partial charge in [-0.3, -0.25) is 5.01 Å². The normalized spacial score (nSPS) is 22.2. The van der Waals surface area contributed by atoms with Crippen molar-refractivity contribution in [2.45, 2.75) is 45.4 Å². The number of hydrogen-bond acceptors (Lipinski definition) is 3. The van der Waals surface area contributed by atoms with E-state index in [1.165, 1.54) is 16.7 Å². The van der Waals surface area contributed by atoms with Gasteiger partial charge in [0, 0.05) is 18.4 Å². The summed E-state index contributed by atoms with van der Waals surface area (Å²) in [6.45, 7) is 4.31. The zero-order chi connectivity index (χ0) is 15.8. The summed E-state index contributed by atoms with van der Waals surface area (Å²) in [6, 6.07) is 17.3. The van der Waals surface area contributed by atoms with Gasteiger partial charge in [0.1, 0.15) is 5.75 Å². The second kappa shape index (κ2) is 5.73. The van der Waals surface area contributed by atoms with Crippen molar-refractivity contribution in [2.75, 3.05) is 0 Å². The van der Waals surface area contributed by atoms with Crippen molar-refractivity contribution in [3.63, 3.8) is 0 Å². The zero-order valence-electron chi connectivity index (χ0n) is 13.7. The maximum absolute atomic E-state index is 6.21. The molecule has 0 saturated carbocycles. The molecule has 0 fully saturated rings. The lowest BCUT2D eigenvalue weighted by molar-refractivity contribution is -0.0223. The number of ether oxygens (including phenoxy) is 1. The van der Waals surface area contributed by atoms with Crippen LogP contribution in [-0.4, -0.2) is 16.9 Å². The minimum absolute atomic E-state index is 0.0443. The van der Waals surface area contributed by atoms with Crippen molar-refractivity contribution >= 4 is 5.71 Å². The Hall–Kier alpha value is -2.29. The molecule has 0 N–H and O–H groups in total. The third-order valence-corrected chi connectivity index (χ3v) is 4.70. The smallest absolute Gasteiger partial charge is 0.187 e. The molecular weight excluding hydrogens is 284 g/mol. The third-order valence-electron chi connectivity index (χ3n) is 4.70. The fourth-order valence-electron chi connectivity index (χ4n) is 3.47. The van der Waals surface area contributed by atoms with Crippen molar-refractivity contribution in [1.29, 1.82) is 0 Å². The number of fused-ring (bicyclic) bond motifs is 3. The van der Waals surface area contributed by atoms with E-state index in [1.807, 2.05) is 6.07 Å². The fraction of sp³-hybridized carbons (Fsp3) is 0.350. The van der Waals surface area contributed by atoms with Crippen molar-refractivity contribution in [3.8, 4) is 5.75 Å². The van der Waals surface area contributed by atoms with Gasteiger partial charge < -0.3 is 4.74 Å². The van der Waals surface area contributed by atoms with Gasteiger partial charge in [0.25, 0.3) is 0 Å². The highest BCUT2D eigenvalue weighted by atomic mass is 16.5. The first-order valence-electron chi connectivity index (χ1n) is 8.44. The summed E-state index contributed by atoms with van der Waals surface area (Å²) in [5.41, 5.74) is 4.92. The maximum atomic E-state index is 6.21. The molecule has 0 saturated heterocycles. The average Bonchev–Trinajstić information content (AvgIpc) is 3.02. The predicted molar refractivity (Wildman–Crippen MR) is 92.7 cm³/mol. The van der Waals surface area contributed by atoms with E-state index in [4.69, 9.17) is 9.84 Å². The maximum Gasteiger partial charge on any atom is 0.187 e. The lowest BCUT2D eigenvalue weighted by atomic mass is 9.96. The van der Waals surface area contributed by atoms with Crippen molar-refractivity contribution < 1.29 is 4.74 Å². The van der Waals surface area contributed by atoms with Gasteiger partial charge in [0.2, 0.25) is 0 Å². The van der Waals surface area contributed by atoms with E-state index >= 15 is 0 Å².